The van der Waals surface area contributed by atoms with Crippen molar-refractivity contribution in [1.29, 1.82) is 0 Å². The van der Waals surface area contributed by atoms with Crippen LogP contribution in [0.5, 0.6) is 5.75 Å². The molecule has 0 amide bonds. The number of hydrogen-bond donors (Lipinski definition) is 1. The Hall–Kier alpha value is -2.59. The predicted molar refractivity (Wildman–Crippen MR) is 100 cm³/mol. The topological polar surface area (TPSA) is 55.1 Å². The van der Waals surface area contributed by atoms with Gasteiger partial charge in [-0.05, 0) is 49.1 Å². The lowest BCUT2D eigenvalue weighted by Gasteiger charge is -2.13. The molecular weight excluding hydrogens is 336 g/mol. The molecule has 25 heavy (non-hydrogen) atoms. The highest BCUT2D eigenvalue weighted by Gasteiger charge is 2.17. The van der Waals surface area contributed by atoms with Crippen LogP contribution in [0.25, 0.3) is 11.1 Å². The Morgan fingerprint density at radius 1 is 1.08 bits per heavy atom. The molecule has 0 fully saturated rings. The third kappa shape index (κ3) is 3.59. The molecule has 0 saturated carbocycles. The number of aromatic hydroxyl groups is 1. The average molecular weight is 355 g/mol. The van der Waals surface area contributed by atoms with Crippen LogP contribution in [-0.4, -0.2) is 14.9 Å². The summed E-state index contributed by atoms with van der Waals surface area (Å²) in [5.41, 5.74) is 3.20. The van der Waals surface area contributed by atoms with Gasteiger partial charge < -0.3 is 5.11 Å². The van der Waals surface area contributed by atoms with E-state index in [0.717, 1.165) is 16.7 Å². The number of halogens is 1. The summed E-state index contributed by atoms with van der Waals surface area (Å²) in [6.07, 6.45) is 0.654. The molecule has 1 N–H and O–H groups in total. The molecule has 128 valence electrons. The fraction of sp³-hybridized carbons (Fsp3) is 0.200. The molecule has 1 heterocycles. The first kappa shape index (κ1) is 17.2. The van der Waals surface area contributed by atoms with Crippen molar-refractivity contribution in [2.45, 2.75) is 26.8 Å². The first-order valence-corrected chi connectivity index (χ1v) is 8.46. The fourth-order valence-corrected chi connectivity index (χ4v) is 2.94. The zero-order valence-electron chi connectivity index (χ0n) is 14.2. The maximum Gasteiger partial charge on any atom is 0.278 e. The van der Waals surface area contributed by atoms with Crippen LogP contribution in [0.1, 0.15) is 16.8 Å². The van der Waals surface area contributed by atoms with Gasteiger partial charge in [0.2, 0.25) is 0 Å². The van der Waals surface area contributed by atoms with Crippen LogP contribution >= 0.6 is 11.6 Å². The normalized spacial score (nSPS) is 10.8. The summed E-state index contributed by atoms with van der Waals surface area (Å²) in [6.45, 7) is 4.05. The van der Waals surface area contributed by atoms with Gasteiger partial charge in [-0.25, -0.2) is 4.68 Å². The zero-order valence-corrected chi connectivity index (χ0v) is 14.9. The molecule has 4 nitrogen and oxygen atoms in total. The Morgan fingerprint density at radius 2 is 1.76 bits per heavy atom. The highest BCUT2D eigenvalue weighted by Crippen LogP contribution is 2.29. The fourth-order valence-electron chi connectivity index (χ4n) is 2.82. The molecule has 0 unspecified atom stereocenters. The summed E-state index contributed by atoms with van der Waals surface area (Å²) in [5, 5.41) is 15.3. The van der Waals surface area contributed by atoms with E-state index in [4.69, 9.17) is 11.6 Å². The molecule has 3 rings (SSSR count). The van der Waals surface area contributed by atoms with Crippen molar-refractivity contribution < 1.29 is 5.11 Å². The zero-order chi connectivity index (χ0) is 18.0. The molecule has 3 aromatic rings. The van der Waals surface area contributed by atoms with Crippen LogP contribution in [-0.2, 0) is 13.0 Å². The van der Waals surface area contributed by atoms with E-state index < -0.39 is 0 Å². The minimum absolute atomic E-state index is 0.0537. The summed E-state index contributed by atoms with van der Waals surface area (Å²) < 4.78 is 1.42. The third-order valence-electron chi connectivity index (χ3n) is 4.24. The molecule has 0 saturated heterocycles. The third-order valence-corrected chi connectivity index (χ3v) is 4.49. The van der Waals surface area contributed by atoms with E-state index >= 15 is 0 Å². The summed E-state index contributed by atoms with van der Waals surface area (Å²) in [4.78, 5) is 12.9. The van der Waals surface area contributed by atoms with Gasteiger partial charge in [0.05, 0.1) is 5.56 Å². The van der Waals surface area contributed by atoms with Crippen molar-refractivity contribution in [3.05, 3.63) is 80.7 Å². The van der Waals surface area contributed by atoms with E-state index in [1.54, 1.807) is 6.92 Å². The lowest BCUT2D eigenvalue weighted by atomic mass is 10.0. The van der Waals surface area contributed by atoms with E-state index in [1.807, 2.05) is 55.5 Å². The van der Waals surface area contributed by atoms with E-state index in [1.165, 1.54) is 4.68 Å². The van der Waals surface area contributed by atoms with Crippen molar-refractivity contribution in [2.75, 3.05) is 0 Å². The first-order valence-electron chi connectivity index (χ1n) is 8.08. The number of benzene rings is 2. The Labute approximate surface area is 151 Å². The van der Waals surface area contributed by atoms with Gasteiger partial charge in [-0.3, -0.25) is 4.79 Å². The summed E-state index contributed by atoms with van der Waals surface area (Å²) in [6, 6.07) is 15.0. The van der Waals surface area contributed by atoms with Crippen molar-refractivity contribution in [3.8, 4) is 16.9 Å². The molecule has 0 radical (unpaired) electrons. The second-order valence-corrected chi connectivity index (χ2v) is 6.47. The van der Waals surface area contributed by atoms with Crippen LogP contribution in [0.15, 0.2) is 53.3 Å². The lowest BCUT2D eigenvalue weighted by Crippen LogP contribution is -2.26. The van der Waals surface area contributed by atoms with E-state index in [0.29, 0.717) is 29.2 Å². The molecule has 0 aliphatic heterocycles. The van der Waals surface area contributed by atoms with Gasteiger partial charge in [-0.1, -0.05) is 48.0 Å². The van der Waals surface area contributed by atoms with E-state index in [9.17, 15) is 9.90 Å². The van der Waals surface area contributed by atoms with Gasteiger partial charge >= 0.3 is 0 Å². The van der Waals surface area contributed by atoms with Gasteiger partial charge in [-0.15, -0.1) is 0 Å². The monoisotopic (exact) mass is 354 g/mol. The number of aromatic nitrogens is 2. The molecular formula is C20H19ClN2O2. The van der Waals surface area contributed by atoms with Gasteiger partial charge in [0.15, 0.2) is 5.75 Å². The van der Waals surface area contributed by atoms with E-state index in [2.05, 4.69) is 5.10 Å². The molecule has 0 bridgehead atoms. The minimum atomic E-state index is -0.286. The Kier molecular flexibility index (Phi) is 4.91. The SMILES string of the molecule is Cc1ccccc1-c1c(O)c(C)nn(CCc2ccc(Cl)cc2)c1=O. The van der Waals surface area contributed by atoms with Gasteiger partial charge in [-0.2, -0.15) is 5.10 Å². The van der Waals surface area contributed by atoms with Gasteiger partial charge in [0.1, 0.15) is 5.69 Å². The van der Waals surface area contributed by atoms with Crippen LogP contribution in [0, 0.1) is 13.8 Å². The smallest absolute Gasteiger partial charge is 0.278 e. The Morgan fingerprint density at radius 3 is 2.44 bits per heavy atom. The average Bonchev–Trinajstić information content (AvgIpc) is 2.60. The maximum atomic E-state index is 12.9. The Balaban J connectivity index is 2.00. The lowest BCUT2D eigenvalue weighted by molar-refractivity contribution is 0.454. The van der Waals surface area contributed by atoms with Gasteiger partial charge in [0, 0.05) is 11.6 Å². The Bertz CT molecular complexity index is 962. The largest absolute Gasteiger partial charge is 0.505 e. The van der Waals surface area contributed by atoms with Crippen LogP contribution in [0.3, 0.4) is 0 Å². The highest BCUT2D eigenvalue weighted by atomic mass is 35.5. The van der Waals surface area contributed by atoms with Crippen molar-refractivity contribution in [2.24, 2.45) is 0 Å². The quantitative estimate of drug-likeness (QED) is 0.766. The van der Waals surface area contributed by atoms with E-state index in [-0.39, 0.29) is 11.3 Å². The summed E-state index contributed by atoms with van der Waals surface area (Å²) >= 11 is 5.90. The van der Waals surface area contributed by atoms with Gasteiger partial charge in [0.25, 0.3) is 5.56 Å². The minimum Gasteiger partial charge on any atom is -0.505 e. The molecule has 0 aliphatic rings. The number of aryl methyl sites for hydroxylation is 4. The summed E-state index contributed by atoms with van der Waals surface area (Å²) in [5.74, 6) is -0.0537. The van der Waals surface area contributed by atoms with Crippen LogP contribution in [0.4, 0.5) is 0 Å². The van der Waals surface area contributed by atoms with Crippen molar-refractivity contribution >= 4 is 11.6 Å². The predicted octanol–water partition coefficient (Wildman–Crippen LogP) is 4.13. The molecule has 0 spiro atoms. The molecule has 1 aromatic heterocycles. The maximum absolute atomic E-state index is 12.9. The first-order chi connectivity index (χ1) is 12.0. The number of hydrogen-bond acceptors (Lipinski definition) is 3. The second kappa shape index (κ2) is 7.11. The highest BCUT2D eigenvalue weighted by molar-refractivity contribution is 6.30. The van der Waals surface area contributed by atoms with Crippen molar-refractivity contribution in [1.82, 2.24) is 9.78 Å². The standard InChI is InChI=1S/C20H19ClN2O2/c1-13-5-3-4-6-17(13)18-19(24)14(2)22-23(20(18)25)12-11-15-7-9-16(21)10-8-15/h3-10,24H,11-12H2,1-2H3. The second-order valence-electron chi connectivity index (χ2n) is 6.03. The molecule has 0 atom stereocenters. The summed E-state index contributed by atoms with van der Waals surface area (Å²) in [7, 11) is 0. The number of nitrogens with zero attached hydrogens (tertiary/aromatic N) is 2. The molecule has 5 heteroatoms. The molecule has 0 aliphatic carbocycles. The number of rotatable bonds is 4. The van der Waals surface area contributed by atoms with Crippen LogP contribution < -0.4 is 5.56 Å². The van der Waals surface area contributed by atoms with Crippen LogP contribution in [0.2, 0.25) is 5.02 Å². The molecule has 2 aromatic carbocycles. The van der Waals surface area contributed by atoms with Crippen molar-refractivity contribution in [3.63, 3.8) is 0 Å².